The average molecular weight is 930 g/mol. The Balaban J connectivity index is 0.897. The lowest BCUT2D eigenvalue weighted by Crippen LogP contribution is -2.12. The summed E-state index contributed by atoms with van der Waals surface area (Å²) in [4.78, 5) is 20.8. The Morgan fingerprint density at radius 1 is 0.386 bits per heavy atom. The number of thiophene rings is 2. The summed E-state index contributed by atoms with van der Waals surface area (Å²) in [7, 11) is 0. The molecule has 0 saturated heterocycles. The molecule has 7 heteroatoms. The quantitative estimate of drug-likeness (QED) is 0.173. The van der Waals surface area contributed by atoms with Gasteiger partial charge in [-0.3, -0.25) is 0 Å². The molecule has 1 atom stereocenters. The van der Waals surface area contributed by atoms with Crippen LogP contribution in [0.2, 0.25) is 0 Å². The summed E-state index contributed by atoms with van der Waals surface area (Å²) in [5.41, 5.74) is 13.6. The molecule has 14 rings (SSSR count). The van der Waals surface area contributed by atoms with Crippen molar-refractivity contribution in [3.63, 3.8) is 0 Å². The fraction of sp³-hybridized carbons (Fsp3) is 0.0159. The summed E-state index contributed by atoms with van der Waals surface area (Å²) >= 11 is 3.64. The number of fused-ring (bicyclic) bond motifs is 9. The van der Waals surface area contributed by atoms with Crippen molar-refractivity contribution < 1.29 is 0 Å². The summed E-state index contributed by atoms with van der Waals surface area (Å²) < 4.78 is 5.03. The van der Waals surface area contributed by atoms with Crippen LogP contribution in [0.5, 0.6) is 0 Å². The van der Waals surface area contributed by atoms with Gasteiger partial charge in [0.1, 0.15) is 0 Å². The maximum Gasteiger partial charge on any atom is 0.164 e. The second kappa shape index (κ2) is 16.6. The monoisotopic (exact) mass is 929 g/mol. The number of benzene rings is 9. The normalized spacial score (nSPS) is 13.3. The fourth-order valence-electron chi connectivity index (χ4n) is 10.1. The third-order valence-corrected chi connectivity index (χ3v) is 15.8. The second-order valence-electron chi connectivity index (χ2n) is 17.8. The van der Waals surface area contributed by atoms with Crippen molar-refractivity contribution in [2.75, 3.05) is 5.32 Å². The molecule has 0 bridgehead atoms. The van der Waals surface area contributed by atoms with Gasteiger partial charge < -0.3 is 5.32 Å². The summed E-state index contributed by atoms with van der Waals surface area (Å²) in [5, 5.41) is 9.99. The first-order valence-electron chi connectivity index (χ1n) is 23.5. The predicted molar refractivity (Wildman–Crippen MR) is 295 cm³/mol. The van der Waals surface area contributed by atoms with E-state index in [-0.39, 0.29) is 6.04 Å². The molecule has 328 valence electrons. The minimum Gasteiger partial charge on any atom is -0.372 e. The van der Waals surface area contributed by atoms with Crippen molar-refractivity contribution in [2.45, 2.75) is 6.04 Å². The Morgan fingerprint density at radius 2 is 0.986 bits per heavy atom. The Morgan fingerprint density at radius 3 is 1.80 bits per heavy atom. The van der Waals surface area contributed by atoms with Crippen LogP contribution in [0.4, 0.5) is 5.69 Å². The van der Waals surface area contributed by atoms with Gasteiger partial charge in [0.2, 0.25) is 0 Å². The minimum atomic E-state index is 0.0502. The first-order valence-corrected chi connectivity index (χ1v) is 25.1. The molecule has 9 aromatic carbocycles. The fourth-order valence-corrected chi connectivity index (χ4v) is 12.3. The molecule has 0 radical (unpaired) electrons. The van der Waals surface area contributed by atoms with Gasteiger partial charge >= 0.3 is 0 Å². The van der Waals surface area contributed by atoms with E-state index in [9.17, 15) is 0 Å². The molecule has 4 aromatic heterocycles. The summed E-state index contributed by atoms with van der Waals surface area (Å²) in [6, 6.07) is 75.7. The highest BCUT2D eigenvalue weighted by Crippen LogP contribution is 2.43. The van der Waals surface area contributed by atoms with Gasteiger partial charge in [-0.15, -0.1) is 22.7 Å². The van der Waals surface area contributed by atoms with Gasteiger partial charge in [0.15, 0.2) is 17.5 Å². The Hall–Kier alpha value is -8.62. The van der Waals surface area contributed by atoms with Gasteiger partial charge in [0.05, 0.1) is 22.9 Å². The highest BCUT2D eigenvalue weighted by molar-refractivity contribution is 7.26. The maximum absolute atomic E-state index is 5.49. The van der Waals surface area contributed by atoms with Gasteiger partial charge in [-0.05, 0) is 81.9 Å². The second-order valence-corrected chi connectivity index (χ2v) is 20.0. The molecule has 1 aliphatic heterocycles. The van der Waals surface area contributed by atoms with E-state index in [4.69, 9.17) is 19.9 Å². The summed E-state index contributed by atoms with van der Waals surface area (Å²) in [6.45, 7) is 0. The van der Waals surface area contributed by atoms with Gasteiger partial charge in [-0.25, -0.2) is 19.9 Å². The number of hydrogen-bond acceptors (Lipinski definition) is 7. The Kier molecular flexibility index (Phi) is 9.57. The molecule has 0 saturated carbocycles. The molecular weight excluding hydrogens is 891 g/mol. The van der Waals surface area contributed by atoms with Crippen molar-refractivity contribution in [1.29, 1.82) is 0 Å². The van der Waals surface area contributed by atoms with Crippen molar-refractivity contribution in [2.24, 2.45) is 0 Å². The lowest BCUT2D eigenvalue weighted by molar-refractivity contribution is 0.981. The predicted octanol–water partition coefficient (Wildman–Crippen LogP) is 17.3. The zero-order valence-electron chi connectivity index (χ0n) is 37.5. The molecule has 0 amide bonds. The van der Waals surface area contributed by atoms with Gasteiger partial charge in [0, 0.05) is 68.0 Å². The van der Waals surface area contributed by atoms with E-state index in [0.717, 1.165) is 66.8 Å². The number of anilines is 1. The molecule has 1 N–H and O–H groups in total. The van der Waals surface area contributed by atoms with Crippen LogP contribution >= 0.6 is 22.7 Å². The third-order valence-electron chi connectivity index (χ3n) is 13.5. The minimum absolute atomic E-state index is 0.0502. The molecule has 0 aliphatic carbocycles. The molecule has 5 nitrogen and oxygen atoms in total. The van der Waals surface area contributed by atoms with Crippen LogP contribution < -0.4 is 5.32 Å². The van der Waals surface area contributed by atoms with Crippen molar-refractivity contribution >= 4 is 85.7 Å². The van der Waals surface area contributed by atoms with Gasteiger partial charge in [-0.2, -0.15) is 0 Å². The van der Waals surface area contributed by atoms with E-state index < -0.39 is 0 Å². The SMILES string of the molecule is C1=CC(c2ccccc2)Nc2c1ccc1ccc(-c3cc(-c4ccc(-c5nc(-c6ccccc6)nc(-c6ccc7c(c6)sc6ccccc67)n5)cc4)cc(-c4cccc5sc6ccccc6c45)c3)nc21. The van der Waals surface area contributed by atoms with E-state index in [1.165, 1.54) is 51.5 Å². The van der Waals surface area contributed by atoms with E-state index in [1.54, 1.807) is 11.3 Å². The lowest BCUT2D eigenvalue weighted by atomic mass is 9.92. The van der Waals surface area contributed by atoms with Crippen LogP contribution in [0.1, 0.15) is 17.2 Å². The largest absolute Gasteiger partial charge is 0.372 e. The standard InChI is InChI=1S/C63H39N5S2/c1-3-12-39(13-4-1)52-32-29-40-24-25-41-30-33-53(65-60(41)59(40)64-52)47-35-45(34-46(36-47)48-18-11-21-56-58(48)51-17-8-10-20-55(51)69-56)38-22-26-43(27-23-38)62-66-61(42-14-5-2-6-15-42)67-63(68-62)44-28-31-50-49-16-7-9-19-54(49)70-57(50)37-44/h1-37,52,64H. The van der Waals surface area contributed by atoms with Gasteiger partial charge in [-0.1, -0.05) is 176 Å². The first-order chi connectivity index (χ1) is 34.6. The average Bonchev–Trinajstić information content (AvgIpc) is 4.01. The van der Waals surface area contributed by atoms with E-state index in [0.29, 0.717) is 17.5 Å². The van der Waals surface area contributed by atoms with Crippen LogP contribution in [0.3, 0.4) is 0 Å². The number of nitrogens with one attached hydrogen (secondary N) is 1. The molecule has 0 spiro atoms. The van der Waals surface area contributed by atoms with Crippen LogP contribution in [-0.2, 0) is 0 Å². The first kappa shape index (κ1) is 40.4. The molecule has 70 heavy (non-hydrogen) atoms. The summed E-state index contributed by atoms with van der Waals surface area (Å²) in [6.07, 6.45) is 4.45. The molecular formula is C63H39N5S2. The molecule has 1 unspecified atom stereocenters. The zero-order valence-corrected chi connectivity index (χ0v) is 39.2. The lowest BCUT2D eigenvalue weighted by Gasteiger charge is -2.24. The van der Waals surface area contributed by atoms with Crippen molar-refractivity contribution in [1.82, 2.24) is 19.9 Å². The van der Waals surface area contributed by atoms with E-state index in [1.807, 2.05) is 29.5 Å². The Labute approximate surface area is 411 Å². The number of nitrogens with zero attached hydrogens (tertiary/aromatic N) is 4. The van der Waals surface area contributed by atoms with E-state index >= 15 is 0 Å². The smallest absolute Gasteiger partial charge is 0.164 e. The highest BCUT2D eigenvalue weighted by Gasteiger charge is 2.20. The number of rotatable bonds is 7. The number of hydrogen-bond donors (Lipinski definition) is 1. The van der Waals surface area contributed by atoms with Crippen LogP contribution in [0.15, 0.2) is 218 Å². The topological polar surface area (TPSA) is 63.6 Å². The van der Waals surface area contributed by atoms with Gasteiger partial charge in [0.25, 0.3) is 0 Å². The van der Waals surface area contributed by atoms with E-state index in [2.05, 4.69) is 212 Å². The maximum atomic E-state index is 5.49. The van der Waals surface area contributed by atoms with Crippen LogP contribution in [0.25, 0.3) is 125 Å². The molecule has 0 fully saturated rings. The zero-order chi connectivity index (χ0) is 46.1. The summed E-state index contributed by atoms with van der Waals surface area (Å²) in [5.74, 6) is 1.91. The number of pyridine rings is 1. The molecule has 1 aliphatic rings. The van der Waals surface area contributed by atoms with Crippen LogP contribution in [0, 0.1) is 0 Å². The molecule has 5 heterocycles. The molecule has 13 aromatic rings. The van der Waals surface area contributed by atoms with Crippen molar-refractivity contribution in [3.8, 4) is 67.7 Å². The van der Waals surface area contributed by atoms with Crippen molar-refractivity contribution in [3.05, 3.63) is 230 Å². The van der Waals surface area contributed by atoms with Crippen LogP contribution in [-0.4, -0.2) is 19.9 Å². The Bertz CT molecular complexity index is 4210. The highest BCUT2D eigenvalue weighted by atomic mass is 32.1. The third kappa shape index (κ3) is 7.05. The number of aromatic nitrogens is 4.